The second kappa shape index (κ2) is 10.4. The zero-order chi connectivity index (χ0) is 25.3. The first kappa shape index (κ1) is 25.1. The summed E-state index contributed by atoms with van der Waals surface area (Å²) in [5, 5.41) is 4.94. The summed E-state index contributed by atoms with van der Waals surface area (Å²) in [7, 11) is 0. The van der Waals surface area contributed by atoms with Crippen LogP contribution in [0.1, 0.15) is 75.7 Å². The van der Waals surface area contributed by atoms with Crippen LogP contribution in [0.4, 0.5) is 14.5 Å². The van der Waals surface area contributed by atoms with Crippen molar-refractivity contribution in [2.24, 2.45) is 5.41 Å². The van der Waals surface area contributed by atoms with E-state index in [0.717, 1.165) is 25.9 Å². The number of likely N-dealkylation sites (tertiary alicyclic amines) is 2. The number of carbonyl (C=O) groups is 3. The Hall–Kier alpha value is -2.55. The van der Waals surface area contributed by atoms with Gasteiger partial charge in [0.2, 0.25) is 17.7 Å². The molecule has 1 aromatic carbocycles. The van der Waals surface area contributed by atoms with Crippen LogP contribution in [0.15, 0.2) is 12.1 Å². The fourth-order valence-electron chi connectivity index (χ4n) is 6.56. The minimum atomic E-state index is -1.00. The number of nitrogens with one attached hydrogen (secondary N) is 2. The van der Waals surface area contributed by atoms with E-state index in [1.807, 2.05) is 4.90 Å². The second-order valence-corrected chi connectivity index (χ2v) is 11.1. The van der Waals surface area contributed by atoms with E-state index < -0.39 is 23.6 Å². The molecule has 0 unspecified atom stereocenters. The van der Waals surface area contributed by atoms with Crippen LogP contribution in [0.2, 0.25) is 0 Å². The summed E-state index contributed by atoms with van der Waals surface area (Å²) >= 11 is 0. The van der Waals surface area contributed by atoms with Gasteiger partial charge in [-0.3, -0.25) is 24.6 Å². The highest BCUT2D eigenvalue weighted by molar-refractivity contribution is 6.01. The SMILES string of the molecule is O=C1CC[C@H](Nc2ccc(C3CCN(CC(=O)N4CCC5(CCCC5)CC4)CC3)c(F)c2F)C(=O)N1. The average molecular weight is 503 g/mol. The van der Waals surface area contributed by atoms with Gasteiger partial charge in [-0.25, -0.2) is 8.78 Å². The van der Waals surface area contributed by atoms with Gasteiger partial charge < -0.3 is 10.2 Å². The third-order valence-corrected chi connectivity index (χ3v) is 8.91. The number of halogens is 2. The van der Waals surface area contributed by atoms with Crippen LogP contribution in [0, 0.1) is 17.0 Å². The molecule has 1 aliphatic carbocycles. The zero-order valence-corrected chi connectivity index (χ0v) is 20.8. The Balaban J connectivity index is 1.12. The molecule has 0 aromatic heterocycles. The van der Waals surface area contributed by atoms with E-state index in [-0.39, 0.29) is 36.3 Å². The number of nitrogens with zero attached hydrogens (tertiary/aromatic N) is 2. The van der Waals surface area contributed by atoms with E-state index in [1.165, 1.54) is 31.7 Å². The third-order valence-electron chi connectivity index (χ3n) is 8.91. The van der Waals surface area contributed by atoms with Crippen molar-refractivity contribution in [1.82, 2.24) is 15.1 Å². The summed E-state index contributed by atoms with van der Waals surface area (Å²) in [6.07, 6.45) is 9.24. The summed E-state index contributed by atoms with van der Waals surface area (Å²) in [5.41, 5.74) is 0.751. The first-order valence-corrected chi connectivity index (χ1v) is 13.4. The Kier molecular flexibility index (Phi) is 7.28. The molecule has 0 bridgehead atoms. The first-order valence-electron chi connectivity index (χ1n) is 13.4. The van der Waals surface area contributed by atoms with Crippen LogP contribution in [0.25, 0.3) is 0 Å². The van der Waals surface area contributed by atoms with Gasteiger partial charge in [-0.05, 0) is 81.0 Å². The number of hydrogen-bond acceptors (Lipinski definition) is 5. The predicted molar refractivity (Wildman–Crippen MR) is 131 cm³/mol. The van der Waals surface area contributed by atoms with Crippen molar-refractivity contribution in [1.29, 1.82) is 0 Å². The molecule has 2 N–H and O–H groups in total. The van der Waals surface area contributed by atoms with Crippen molar-refractivity contribution in [3.8, 4) is 0 Å². The van der Waals surface area contributed by atoms with Crippen LogP contribution in [0.5, 0.6) is 0 Å². The fraction of sp³-hybridized carbons (Fsp3) is 0.667. The lowest BCUT2D eigenvalue weighted by molar-refractivity contribution is -0.135. The summed E-state index contributed by atoms with van der Waals surface area (Å²) in [6, 6.07) is 2.29. The molecule has 4 fully saturated rings. The minimum Gasteiger partial charge on any atom is -0.371 e. The van der Waals surface area contributed by atoms with Crippen molar-refractivity contribution in [2.75, 3.05) is 38.0 Å². The quantitative estimate of drug-likeness (QED) is 0.602. The Morgan fingerprint density at radius 2 is 1.67 bits per heavy atom. The highest BCUT2D eigenvalue weighted by Crippen LogP contribution is 2.46. The van der Waals surface area contributed by atoms with E-state index in [4.69, 9.17) is 0 Å². The first-order chi connectivity index (χ1) is 17.3. The Morgan fingerprint density at radius 3 is 2.33 bits per heavy atom. The molecule has 196 valence electrons. The molecule has 3 saturated heterocycles. The monoisotopic (exact) mass is 502 g/mol. The molecular weight excluding hydrogens is 466 g/mol. The van der Waals surface area contributed by atoms with Gasteiger partial charge in [-0.2, -0.15) is 0 Å². The third kappa shape index (κ3) is 5.26. The summed E-state index contributed by atoms with van der Waals surface area (Å²) in [5.74, 6) is -2.72. The van der Waals surface area contributed by atoms with E-state index in [2.05, 4.69) is 15.5 Å². The highest BCUT2D eigenvalue weighted by Gasteiger charge is 2.38. The van der Waals surface area contributed by atoms with Gasteiger partial charge in [0.05, 0.1) is 12.2 Å². The number of carbonyl (C=O) groups excluding carboxylic acids is 3. The molecule has 4 aliphatic rings. The van der Waals surface area contributed by atoms with E-state index in [0.29, 0.717) is 43.5 Å². The van der Waals surface area contributed by atoms with E-state index in [9.17, 15) is 23.2 Å². The standard InChI is InChI=1S/C27H36F2N4O3/c28-24-19(3-4-20(25(24)29)30-21-5-6-22(34)31-26(21)36)18-7-13-32(14-8-18)17-23(35)33-15-11-27(12-16-33)9-1-2-10-27/h3-4,18,21,30H,1-2,5-17H2,(H,31,34,36)/t21-/m0/s1. The molecule has 36 heavy (non-hydrogen) atoms. The molecule has 1 saturated carbocycles. The molecule has 3 amide bonds. The van der Waals surface area contributed by atoms with Crippen LogP contribution in [-0.4, -0.2) is 66.3 Å². The molecule has 5 rings (SSSR count). The number of rotatable bonds is 5. The van der Waals surface area contributed by atoms with E-state index >= 15 is 0 Å². The molecule has 3 aliphatic heterocycles. The Morgan fingerprint density at radius 1 is 0.972 bits per heavy atom. The molecule has 0 radical (unpaired) electrons. The highest BCUT2D eigenvalue weighted by atomic mass is 19.2. The van der Waals surface area contributed by atoms with Gasteiger partial charge in [0.1, 0.15) is 6.04 Å². The lowest BCUT2D eigenvalue weighted by atomic mass is 9.77. The average Bonchev–Trinajstić information content (AvgIpc) is 3.32. The maximum atomic E-state index is 15.0. The van der Waals surface area contributed by atoms with Gasteiger partial charge in [-0.15, -0.1) is 0 Å². The van der Waals surface area contributed by atoms with Gasteiger partial charge >= 0.3 is 0 Å². The zero-order valence-electron chi connectivity index (χ0n) is 20.8. The molecule has 3 heterocycles. The smallest absolute Gasteiger partial charge is 0.249 e. The minimum absolute atomic E-state index is 0.0744. The van der Waals surface area contributed by atoms with Crippen LogP contribution in [-0.2, 0) is 14.4 Å². The lowest BCUT2D eigenvalue weighted by Crippen LogP contribution is -2.47. The van der Waals surface area contributed by atoms with Crippen LogP contribution >= 0.6 is 0 Å². The van der Waals surface area contributed by atoms with Gasteiger partial charge in [0.25, 0.3) is 0 Å². The molecule has 1 aromatic rings. The van der Waals surface area contributed by atoms with Gasteiger partial charge in [-0.1, -0.05) is 18.9 Å². The number of amides is 3. The number of anilines is 1. The largest absolute Gasteiger partial charge is 0.371 e. The molecule has 1 atom stereocenters. The van der Waals surface area contributed by atoms with Crippen LogP contribution in [0.3, 0.4) is 0 Å². The number of piperidine rings is 3. The summed E-state index contributed by atoms with van der Waals surface area (Å²) < 4.78 is 29.8. The topological polar surface area (TPSA) is 81.8 Å². The number of benzene rings is 1. The number of hydrogen-bond donors (Lipinski definition) is 2. The molecule has 1 spiro atoms. The van der Waals surface area contributed by atoms with E-state index in [1.54, 1.807) is 6.07 Å². The van der Waals surface area contributed by atoms with Crippen molar-refractivity contribution in [3.05, 3.63) is 29.3 Å². The predicted octanol–water partition coefficient (Wildman–Crippen LogP) is 3.54. The molecular formula is C27H36F2N4O3. The van der Waals surface area contributed by atoms with Crippen molar-refractivity contribution in [2.45, 2.75) is 76.2 Å². The lowest BCUT2D eigenvalue weighted by Gasteiger charge is -2.40. The summed E-state index contributed by atoms with van der Waals surface area (Å²) in [4.78, 5) is 40.3. The maximum absolute atomic E-state index is 15.0. The number of imide groups is 1. The summed E-state index contributed by atoms with van der Waals surface area (Å²) in [6.45, 7) is 3.46. The Labute approximate surface area is 211 Å². The van der Waals surface area contributed by atoms with Gasteiger partial charge in [0.15, 0.2) is 11.6 Å². The second-order valence-electron chi connectivity index (χ2n) is 11.1. The fourth-order valence-corrected chi connectivity index (χ4v) is 6.56. The van der Waals surface area contributed by atoms with Crippen molar-refractivity contribution < 1.29 is 23.2 Å². The Bertz CT molecular complexity index is 1010. The molecule has 7 nitrogen and oxygen atoms in total. The van der Waals surface area contributed by atoms with Crippen molar-refractivity contribution in [3.63, 3.8) is 0 Å². The normalized spacial score (nSPS) is 25.3. The van der Waals surface area contributed by atoms with Gasteiger partial charge in [0, 0.05) is 19.5 Å². The van der Waals surface area contributed by atoms with Crippen molar-refractivity contribution >= 4 is 23.4 Å². The van der Waals surface area contributed by atoms with Crippen LogP contribution < -0.4 is 10.6 Å². The maximum Gasteiger partial charge on any atom is 0.249 e. The molecule has 9 heteroatoms.